The number of esters is 1. The van der Waals surface area contributed by atoms with Crippen LogP contribution in [0.3, 0.4) is 0 Å². The number of rotatable bonds is 4. The highest BCUT2D eigenvalue weighted by molar-refractivity contribution is 7.10. The van der Waals surface area contributed by atoms with Crippen LogP contribution in [0.4, 0.5) is 4.79 Å². The number of aromatic nitrogens is 1. The molecule has 0 aliphatic rings. The van der Waals surface area contributed by atoms with Crippen molar-refractivity contribution in [3.05, 3.63) is 16.1 Å². The Morgan fingerprint density at radius 3 is 2.58 bits per heavy atom. The van der Waals surface area contributed by atoms with E-state index in [0.717, 1.165) is 0 Å². The first-order valence-corrected chi connectivity index (χ1v) is 8.64. The summed E-state index contributed by atoms with van der Waals surface area (Å²) in [6.07, 6.45) is -0.512. The van der Waals surface area contributed by atoms with Crippen molar-refractivity contribution in [1.29, 1.82) is 0 Å². The number of thiazole rings is 1. The van der Waals surface area contributed by atoms with E-state index in [0.29, 0.717) is 11.6 Å². The Morgan fingerprint density at radius 2 is 2.04 bits per heavy atom. The maximum absolute atomic E-state index is 11.9. The van der Waals surface area contributed by atoms with Crippen molar-refractivity contribution >= 4 is 23.4 Å². The van der Waals surface area contributed by atoms with Crippen LogP contribution in [0.5, 0.6) is 0 Å². The molecule has 0 unspecified atom stereocenters. The van der Waals surface area contributed by atoms with E-state index in [-0.39, 0.29) is 17.7 Å². The highest BCUT2D eigenvalue weighted by Crippen LogP contribution is 2.11. The average Bonchev–Trinajstić information content (AvgIpc) is 2.90. The van der Waals surface area contributed by atoms with Crippen LogP contribution in [-0.2, 0) is 9.47 Å². The van der Waals surface area contributed by atoms with Gasteiger partial charge < -0.3 is 14.8 Å². The highest BCUT2D eigenvalue weighted by atomic mass is 32.1. The number of nitrogens with one attached hydrogen (secondary N) is 1. The van der Waals surface area contributed by atoms with Crippen molar-refractivity contribution in [2.75, 3.05) is 6.61 Å². The van der Waals surface area contributed by atoms with Crippen molar-refractivity contribution in [2.45, 2.75) is 53.2 Å². The minimum atomic E-state index is -0.567. The summed E-state index contributed by atoms with van der Waals surface area (Å²) in [5.41, 5.74) is -0.324. The summed E-state index contributed by atoms with van der Waals surface area (Å²) in [6, 6.07) is -0.380. The maximum atomic E-state index is 11.9. The molecule has 0 saturated carbocycles. The molecule has 6 nitrogen and oxygen atoms in total. The molecule has 0 aliphatic carbocycles. The first-order valence-electron chi connectivity index (χ1n) is 7.76. The third kappa shape index (κ3) is 7.01. The quantitative estimate of drug-likeness (QED) is 0.665. The molecule has 0 saturated heterocycles. The fourth-order valence-electron chi connectivity index (χ4n) is 1.57. The number of carbonyl (C=O) groups excluding carboxylic acids is 2. The Bertz CT molecular complexity index is 635. The van der Waals surface area contributed by atoms with Gasteiger partial charge in [-0.3, -0.25) is 0 Å². The Balaban J connectivity index is 2.78. The minimum absolute atomic E-state index is 0.0921. The molecule has 1 heterocycles. The maximum Gasteiger partial charge on any atom is 0.408 e. The Kier molecular flexibility index (Phi) is 7.23. The van der Waals surface area contributed by atoms with Crippen LogP contribution in [0.2, 0.25) is 0 Å². The molecule has 1 atom stereocenters. The number of hydrogen-bond acceptors (Lipinski definition) is 6. The predicted octanol–water partition coefficient (Wildman–Crippen LogP) is 3.22. The first-order chi connectivity index (χ1) is 11.1. The molecule has 1 aromatic heterocycles. The number of nitrogens with zero attached hydrogens (tertiary/aromatic N) is 1. The van der Waals surface area contributed by atoms with Crippen LogP contribution < -0.4 is 5.32 Å². The van der Waals surface area contributed by atoms with Crippen LogP contribution in [0.15, 0.2) is 5.38 Å². The summed E-state index contributed by atoms with van der Waals surface area (Å²) in [7, 11) is 0. The normalized spacial score (nSPS) is 12.1. The highest BCUT2D eigenvalue weighted by Gasteiger charge is 2.20. The Morgan fingerprint density at radius 1 is 1.38 bits per heavy atom. The van der Waals surface area contributed by atoms with Gasteiger partial charge in [-0.25, -0.2) is 14.6 Å². The fraction of sp³-hybridized carbons (Fsp3) is 0.588. The van der Waals surface area contributed by atoms with E-state index < -0.39 is 17.7 Å². The van der Waals surface area contributed by atoms with Crippen LogP contribution >= 0.6 is 11.3 Å². The smallest absolute Gasteiger partial charge is 0.408 e. The van der Waals surface area contributed by atoms with Crippen LogP contribution in [0.1, 0.15) is 57.0 Å². The van der Waals surface area contributed by atoms with E-state index in [1.807, 2.05) is 13.8 Å². The number of ether oxygens (including phenoxy) is 2. The van der Waals surface area contributed by atoms with Crippen molar-refractivity contribution in [1.82, 2.24) is 10.3 Å². The topological polar surface area (TPSA) is 77.5 Å². The largest absolute Gasteiger partial charge is 0.461 e. The first kappa shape index (κ1) is 20.0. The molecule has 0 radical (unpaired) electrons. The minimum Gasteiger partial charge on any atom is -0.461 e. The zero-order valence-corrected chi connectivity index (χ0v) is 15.7. The van der Waals surface area contributed by atoms with Gasteiger partial charge >= 0.3 is 12.1 Å². The van der Waals surface area contributed by atoms with Gasteiger partial charge in [0.05, 0.1) is 12.6 Å². The number of carbonyl (C=O) groups is 2. The van der Waals surface area contributed by atoms with Gasteiger partial charge in [-0.2, -0.15) is 0 Å². The molecular formula is C17H24N2O4S. The number of amides is 1. The summed E-state index contributed by atoms with van der Waals surface area (Å²) < 4.78 is 10.1. The van der Waals surface area contributed by atoms with Crippen molar-refractivity contribution in [3.8, 4) is 11.8 Å². The number of alkyl carbamates (subject to hydrolysis) is 1. The molecule has 1 N–H and O–H groups in total. The predicted molar refractivity (Wildman–Crippen MR) is 92.9 cm³/mol. The molecule has 132 valence electrons. The monoisotopic (exact) mass is 352 g/mol. The van der Waals surface area contributed by atoms with Gasteiger partial charge in [0.25, 0.3) is 0 Å². The van der Waals surface area contributed by atoms with Gasteiger partial charge in [0.2, 0.25) is 0 Å². The lowest BCUT2D eigenvalue weighted by atomic mass is 10.1. The van der Waals surface area contributed by atoms with E-state index in [1.165, 1.54) is 11.3 Å². The summed E-state index contributed by atoms with van der Waals surface area (Å²) in [5, 5.41) is 4.84. The summed E-state index contributed by atoms with van der Waals surface area (Å²) in [5.74, 6) is 5.49. The third-order valence-corrected chi connectivity index (χ3v) is 3.42. The molecule has 1 rings (SSSR count). The summed E-state index contributed by atoms with van der Waals surface area (Å²) in [4.78, 5) is 27.6. The second-order valence-corrected chi connectivity index (χ2v) is 7.25. The molecule has 0 aromatic carbocycles. The van der Waals surface area contributed by atoms with E-state index in [4.69, 9.17) is 9.47 Å². The molecule has 1 aromatic rings. The second-order valence-electron chi connectivity index (χ2n) is 6.40. The second kappa shape index (κ2) is 8.69. The van der Waals surface area contributed by atoms with E-state index in [2.05, 4.69) is 22.1 Å². The molecule has 1 amide bonds. The standard InChI is InChI=1S/C17H24N2O4S/c1-7-22-15(20)13-10-24-14(18-13)9-8-12(11(2)3)19-16(21)23-17(4,5)6/h10-12H,7H2,1-6H3,(H,19,21)/t12-/m1/s1. The summed E-state index contributed by atoms with van der Waals surface area (Å²) >= 11 is 1.26. The van der Waals surface area contributed by atoms with Gasteiger partial charge in [0.1, 0.15) is 5.60 Å². The fourth-order valence-corrected chi connectivity index (χ4v) is 2.21. The lowest BCUT2D eigenvalue weighted by Crippen LogP contribution is -2.41. The summed E-state index contributed by atoms with van der Waals surface area (Å²) in [6.45, 7) is 11.3. The van der Waals surface area contributed by atoms with E-state index >= 15 is 0 Å². The van der Waals surface area contributed by atoms with Crippen LogP contribution in [0.25, 0.3) is 0 Å². The Hall–Kier alpha value is -2.07. The number of hydrogen-bond donors (Lipinski definition) is 1. The van der Waals surface area contributed by atoms with Gasteiger partial charge in [-0.15, -0.1) is 11.3 Å². The van der Waals surface area contributed by atoms with Gasteiger partial charge in [-0.1, -0.05) is 19.8 Å². The Labute approximate surface area is 146 Å². The molecule has 7 heteroatoms. The van der Waals surface area contributed by atoms with E-state index in [1.54, 1.807) is 33.1 Å². The molecule has 24 heavy (non-hydrogen) atoms. The zero-order valence-electron chi connectivity index (χ0n) is 14.9. The molecule has 0 fully saturated rings. The van der Waals surface area contributed by atoms with Gasteiger partial charge in [-0.05, 0) is 39.5 Å². The lowest BCUT2D eigenvalue weighted by molar-refractivity contribution is 0.0501. The van der Waals surface area contributed by atoms with E-state index in [9.17, 15) is 9.59 Å². The van der Waals surface area contributed by atoms with Crippen molar-refractivity contribution in [3.63, 3.8) is 0 Å². The van der Waals surface area contributed by atoms with Gasteiger partial charge in [0.15, 0.2) is 10.7 Å². The molecule has 0 aliphatic heterocycles. The molecule has 0 spiro atoms. The van der Waals surface area contributed by atoms with Crippen LogP contribution in [-0.4, -0.2) is 35.3 Å². The van der Waals surface area contributed by atoms with Crippen molar-refractivity contribution in [2.24, 2.45) is 5.92 Å². The van der Waals surface area contributed by atoms with Crippen LogP contribution in [0, 0.1) is 17.8 Å². The molecular weight excluding hydrogens is 328 g/mol. The lowest BCUT2D eigenvalue weighted by Gasteiger charge is -2.22. The van der Waals surface area contributed by atoms with Crippen molar-refractivity contribution < 1.29 is 19.1 Å². The third-order valence-electron chi connectivity index (χ3n) is 2.66. The zero-order chi connectivity index (χ0) is 18.3. The average molecular weight is 352 g/mol. The molecule has 0 bridgehead atoms. The van der Waals surface area contributed by atoms with Gasteiger partial charge in [0, 0.05) is 5.38 Å². The SMILES string of the molecule is CCOC(=O)c1csc(C#C[C@@H](NC(=O)OC(C)(C)C)C(C)C)n1.